The highest BCUT2D eigenvalue weighted by Gasteiger charge is 2.22. The van der Waals surface area contributed by atoms with Crippen molar-refractivity contribution < 1.29 is 22.9 Å². The van der Waals surface area contributed by atoms with Crippen molar-refractivity contribution >= 4 is 38.1 Å². The summed E-state index contributed by atoms with van der Waals surface area (Å²) in [5, 5.41) is 12.5. The number of nitro benzene ring substituents is 1. The molecular formula is C24H18N2O6S. The molecule has 0 amide bonds. The second kappa shape index (κ2) is 8.71. The summed E-state index contributed by atoms with van der Waals surface area (Å²) in [6, 6.07) is 23.5. The van der Waals surface area contributed by atoms with E-state index < -0.39 is 20.9 Å². The fourth-order valence-corrected chi connectivity index (χ4v) is 4.47. The Morgan fingerprint density at radius 2 is 1.52 bits per heavy atom. The quantitative estimate of drug-likeness (QED) is 0.176. The van der Waals surface area contributed by atoms with Gasteiger partial charge in [-0.1, -0.05) is 30.3 Å². The molecule has 0 N–H and O–H groups in total. The third kappa shape index (κ3) is 4.53. The van der Waals surface area contributed by atoms with Gasteiger partial charge in [0.15, 0.2) is 0 Å². The first kappa shape index (κ1) is 22.0. The highest BCUT2D eigenvalue weighted by molar-refractivity contribution is 7.92. The summed E-state index contributed by atoms with van der Waals surface area (Å²) in [6.45, 7) is 0. The van der Waals surface area contributed by atoms with Crippen LogP contribution in [0.1, 0.15) is 10.4 Å². The smallest absolute Gasteiger partial charge is 0.343 e. The Hall–Kier alpha value is -4.24. The number of esters is 1. The lowest BCUT2D eigenvalue weighted by atomic mass is 10.1. The molecule has 4 aromatic rings. The van der Waals surface area contributed by atoms with Crippen molar-refractivity contribution in [1.29, 1.82) is 0 Å². The van der Waals surface area contributed by atoms with Crippen LogP contribution in [0.3, 0.4) is 0 Å². The summed E-state index contributed by atoms with van der Waals surface area (Å²) in [7, 11) is -2.36. The minimum Gasteiger partial charge on any atom is -0.423 e. The number of anilines is 1. The lowest BCUT2D eigenvalue weighted by molar-refractivity contribution is -0.384. The summed E-state index contributed by atoms with van der Waals surface area (Å²) >= 11 is 0. The van der Waals surface area contributed by atoms with Crippen molar-refractivity contribution in [2.45, 2.75) is 4.90 Å². The van der Waals surface area contributed by atoms with Crippen LogP contribution in [-0.2, 0) is 10.0 Å². The molecule has 0 aromatic heterocycles. The van der Waals surface area contributed by atoms with Gasteiger partial charge < -0.3 is 4.74 Å². The van der Waals surface area contributed by atoms with Crippen LogP contribution in [0.5, 0.6) is 5.75 Å². The average molecular weight is 462 g/mol. The third-order valence-electron chi connectivity index (χ3n) is 5.10. The van der Waals surface area contributed by atoms with Crippen molar-refractivity contribution in [1.82, 2.24) is 0 Å². The van der Waals surface area contributed by atoms with Crippen molar-refractivity contribution in [2.24, 2.45) is 0 Å². The number of hydrogen-bond donors (Lipinski definition) is 0. The Balaban J connectivity index is 1.50. The number of fused-ring (bicyclic) bond motifs is 1. The van der Waals surface area contributed by atoms with Crippen LogP contribution < -0.4 is 9.04 Å². The molecule has 0 heterocycles. The van der Waals surface area contributed by atoms with Crippen LogP contribution >= 0.6 is 0 Å². The number of benzene rings is 4. The second-order valence-corrected chi connectivity index (χ2v) is 9.14. The topological polar surface area (TPSA) is 107 Å². The molecule has 0 aliphatic carbocycles. The number of rotatable bonds is 6. The monoisotopic (exact) mass is 462 g/mol. The minimum absolute atomic E-state index is 0.133. The maximum Gasteiger partial charge on any atom is 0.343 e. The Morgan fingerprint density at radius 1 is 0.879 bits per heavy atom. The van der Waals surface area contributed by atoms with Gasteiger partial charge in [0.05, 0.1) is 21.1 Å². The van der Waals surface area contributed by atoms with Gasteiger partial charge in [-0.15, -0.1) is 0 Å². The van der Waals surface area contributed by atoms with Gasteiger partial charge in [0.2, 0.25) is 0 Å². The second-order valence-electron chi connectivity index (χ2n) is 7.17. The molecule has 0 unspecified atom stereocenters. The molecule has 0 bridgehead atoms. The predicted octanol–water partition coefficient (Wildman–Crippen LogP) is 4.79. The van der Waals surface area contributed by atoms with Crippen LogP contribution in [0.2, 0.25) is 0 Å². The molecule has 0 radical (unpaired) electrons. The van der Waals surface area contributed by atoms with Gasteiger partial charge in [-0.05, 0) is 59.3 Å². The van der Waals surface area contributed by atoms with Crippen LogP contribution in [0.25, 0.3) is 10.8 Å². The zero-order valence-corrected chi connectivity index (χ0v) is 18.2. The van der Waals surface area contributed by atoms with Crippen LogP contribution in [-0.4, -0.2) is 26.4 Å². The summed E-state index contributed by atoms with van der Waals surface area (Å²) in [5.41, 5.74) is 0.408. The van der Waals surface area contributed by atoms with Gasteiger partial charge in [-0.25, -0.2) is 13.2 Å². The van der Waals surface area contributed by atoms with Crippen LogP contribution in [0.4, 0.5) is 11.4 Å². The maximum atomic E-state index is 13.1. The van der Waals surface area contributed by atoms with Crippen molar-refractivity contribution in [3.05, 3.63) is 107 Å². The Labute approximate surface area is 189 Å². The minimum atomic E-state index is -3.80. The van der Waals surface area contributed by atoms with Crippen LogP contribution in [0, 0.1) is 10.1 Å². The number of nitro groups is 1. The standard InChI is InChI=1S/C24H18N2O6S/c1-25(33(30,31)23-15-8-17-4-2-3-5-19(17)16-23)20-11-13-22(14-12-20)32-24(27)18-6-9-21(10-7-18)26(28)29/h2-16H,1H3. The van der Waals surface area contributed by atoms with E-state index >= 15 is 0 Å². The van der Waals surface area contributed by atoms with E-state index in [1.54, 1.807) is 18.2 Å². The molecule has 0 aliphatic rings. The van der Waals surface area contributed by atoms with E-state index in [9.17, 15) is 23.3 Å². The molecule has 33 heavy (non-hydrogen) atoms. The number of carbonyl (C=O) groups excluding carboxylic acids is 1. The van der Waals surface area contributed by atoms with Crippen molar-refractivity contribution in [2.75, 3.05) is 11.4 Å². The largest absolute Gasteiger partial charge is 0.423 e. The molecule has 166 valence electrons. The first-order chi connectivity index (χ1) is 15.8. The van der Waals surface area contributed by atoms with E-state index in [-0.39, 0.29) is 21.9 Å². The highest BCUT2D eigenvalue weighted by Crippen LogP contribution is 2.27. The van der Waals surface area contributed by atoms with E-state index in [4.69, 9.17) is 4.74 Å². The molecule has 0 saturated heterocycles. The number of sulfonamides is 1. The average Bonchev–Trinajstić information content (AvgIpc) is 2.83. The summed E-state index contributed by atoms with van der Waals surface area (Å²) < 4.78 is 32.6. The van der Waals surface area contributed by atoms with Crippen LogP contribution in [0.15, 0.2) is 95.9 Å². The molecule has 4 rings (SSSR count). The van der Waals surface area contributed by atoms with E-state index in [1.165, 1.54) is 55.6 Å². The number of ether oxygens (including phenoxy) is 1. The van der Waals surface area contributed by atoms with E-state index in [2.05, 4.69) is 0 Å². The van der Waals surface area contributed by atoms with Gasteiger partial charge in [0.1, 0.15) is 5.75 Å². The zero-order chi connectivity index (χ0) is 23.6. The number of hydrogen-bond acceptors (Lipinski definition) is 6. The van der Waals surface area contributed by atoms with Gasteiger partial charge in [-0.3, -0.25) is 14.4 Å². The fraction of sp³-hybridized carbons (Fsp3) is 0.0417. The first-order valence-corrected chi connectivity index (χ1v) is 11.2. The maximum absolute atomic E-state index is 13.1. The Kier molecular flexibility index (Phi) is 5.80. The molecule has 0 aliphatic heterocycles. The van der Waals surface area contributed by atoms with E-state index in [1.807, 2.05) is 24.3 Å². The predicted molar refractivity (Wildman–Crippen MR) is 124 cm³/mol. The number of non-ortho nitro benzene ring substituents is 1. The first-order valence-electron chi connectivity index (χ1n) is 9.80. The highest BCUT2D eigenvalue weighted by atomic mass is 32.2. The SMILES string of the molecule is CN(c1ccc(OC(=O)c2ccc([N+](=O)[O-])cc2)cc1)S(=O)(=O)c1ccc2ccccc2c1. The summed E-state index contributed by atoms with van der Waals surface area (Å²) in [4.78, 5) is 22.6. The van der Waals surface area contributed by atoms with Gasteiger partial charge in [0.25, 0.3) is 15.7 Å². The molecule has 9 heteroatoms. The lowest BCUT2D eigenvalue weighted by Gasteiger charge is -2.20. The lowest BCUT2D eigenvalue weighted by Crippen LogP contribution is -2.26. The molecule has 0 atom stereocenters. The molecule has 0 fully saturated rings. The number of carbonyl (C=O) groups is 1. The number of nitrogens with zero attached hydrogens (tertiary/aromatic N) is 2. The Bertz CT molecular complexity index is 1450. The molecule has 0 saturated carbocycles. The van der Waals surface area contributed by atoms with Gasteiger partial charge >= 0.3 is 5.97 Å². The molecule has 4 aromatic carbocycles. The van der Waals surface area contributed by atoms with E-state index in [0.717, 1.165) is 15.1 Å². The summed E-state index contributed by atoms with van der Waals surface area (Å²) in [6.07, 6.45) is 0. The summed E-state index contributed by atoms with van der Waals surface area (Å²) in [5.74, 6) is -0.478. The van der Waals surface area contributed by atoms with Crippen molar-refractivity contribution in [3.63, 3.8) is 0 Å². The molecule has 0 spiro atoms. The van der Waals surface area contributed by atoms with Gasteiger partial charge in [0, 0.05) is 19.2 Å². The van der Waals surface area contributed by atoms with E-state index in [0.29, 0.717) is 5.69 Å². The fourth-order valence-electron chi connectivity index (χ4n) is 3.23. The zero-order valence-electron chi connectivity index (χ0n) is 17.4. The molecular weight excluding hydrogens is 444 g/mol. The van der Waals surface area contributed by atoms with Gasteiger partial charge in [-0.2, -0.15) is 0 Å². The third-order valence-corrected chi connectivity index (χ3v) is 6.89. The normalized spacial score (nSPS) is 11.2. The Morgan fingerprint density at radius 3 is 2.15 bits per heavy atom. The molecule has 8 nitrogen and oxygen atoms in total. The van der Waals surface area contributed by atoms with Crippen molar-refractivity contribution in [3.8, 4) is 5.75 Å².